The van der Waals surface area contributed by atoms with Crippen LogP contribution in [0.5, 0.6) is 0 Å². The Morgan fingerprint density at radius 3 is 2.26 bits per heavy atom. The minimum atomic E-state index is -4.70. The molecular weight excluding hydrogens is 655 g/mol. The fourth-order valence-corrected chi connectivity index (χ4v) is 5.59. The number of hydrogen-bond acceptors (Lipinski definition) is 5. The van der Waals surface area contributed by atoms with Crippen LogP contribution in [0.1, 0.15) is 54.5 Å². The number of carboxylic acids is 1. The van der Waals surface area contributed by atoms with E-state index in [2.05, 4.69) is 31.2 Å². The van der Waals surface area contributed by atoms with E-state index in [1.54, 1.807) is 57.2 Å². The summed E-state index contributed by atoms with van der Waals surface area (Å²) >= 11 is 0. The van der Waals surface area contributed by atoms with Crippen molar-refractivity contribution in [2.24, 2.45) is 0 Å². The average Bonchev–Trinajstić information content (AvgIpc) is 3.70. The van der Waals surface area contributed by atoms with Crippen LogP contribution in [0.15, 0.2) is 73.2 Å². The van der Waals surface area contributed by atoms with Gasteiger partial charge in [0.25, 0.3) is 11.8 Å². The fourth-order valence-electron chi connectivity index (χ4n) is 5.59. The highest BCUT2D eigenvalue weighted by Crippen LogP contribution is 2.36. The molecule has 5 aromatic rings. The van der Waals surface area contributed by atoms with Crippen LogP contribution in [0.3, 0.4) is 0 Å². The lowest BCUT2D eigenvalue weighted by Crippen LogP contribution is -2.20. The molecular formula is C35H28F3N7O5. The number of H-pyrrole nitrogens is 1. The van der Waals surface area contributed by atoms with Crippen LogP contribution in [-0.2, 0) is 11.0 Å². The maximum absolute atomic E-state index is 13.7. The Bertz CT molecular complexity index is 2250. The highest BCUT2D eigenvalue weighted by atomic mass is 19.4. The second-order valence-corrected chi connectivity index (χ2v) is 11.5. The molecule has 1 aliphatic rings. The van der Waals surface area contributed by atoms with Gasteiger partial charge in [-0.15, -0.1) is 0 Å². The highest BCUT2D eigenvalue weighted by molar-refractivity contribution is 6.35. The minimum Gasteiger partial charge on any atom is -0.478 e. The van der Waals surface area contributed by atoms with Gasteiger partial charge in [0.2, 0.25) is 0 Å². The molecule has 0 fully saturated rings. The van der Waals surface area contributed by atoms with Crippen molar-refractivity contribution in [1.82, 2.24) is 14.5 Å². The molecule has 15 heteroatoms. The number of nitrogens with zero attached hydrogens (tertiary/aromatic N) is 2. The number of anilines is 4. The van der Waals surface area contributed by atoms with Gasteiger partial charge in [-0.3, -0.25) is 9.59 Å². The Balaban J connectivity index is 1.14. The molecule has 50 heavy (non-hydrogen) atoms. The number of carbonyl (C=O) groups is 4. The monoisotopic (exact) mass is 683 g/mol. The molecule has 3 aromatic carbocycles. The Kier molecular flexibility index (Phi) is 8.49. The Morgan fingerprint density at radius 1 is 0.920 bits per heavy atom. The van der Waals surface area contributed by atoms with Crippen molar-refractivity contribution in [1.29, 1.82) is 0 Å². The quantitative estimate of drug-likeness (QED) is 0.0989. The largest absolute Gasteiger partial charge is 0.478 e. The number of aromatic amines is 1. The number of nitrogens with one attached hydrogen (secondary N) is 5. The number of benzene rings is 3. The summed E-state index contributed by atoms with van der Waals surface area (Å²) in [5, 5.41) is 20.1. The Hall–Kier alpha value is -6.64. The van der Waals surface area contributed by atoms with Gasteiger partial charge in [-0.1, -0.05) is 12.1 Å². The number of hydrogen-bond donors (Lipinski definition) is 6. The van der Waals surface area contributed by atoms with Crippen molar-refractivity contribution in [3.05, 3.63) is 118 Å². The number of rotatable bonds is 7. The van der Waals surface area contributed by atoms with E-state index in [1.165, 1.54) is 35.3 Å². The number of amides is 4. The zero-order chi connectivity index (χ0) is 35.9. The van der Waals surface area contributed by atoms with E-state index in [0.717, 1.165) is 12.1 Å². The lowest BCUT2D eigenvalue weighted by atomic mass is 10.0. The third-order valence-electron chi connectivity index (χ3n) is 7.93. The van der Waals surface area contributed by atoms with Crippen molar-refractivity contribution in [2.45, 2.75) is 26.9 Å². The third kappa shape index (κ3) is 6.82. The van der Waals surface area contributed by atoms with Crippen LogP contribution in [-0.4, -0.2) is 43.5 Å². The summed E-state index contributed by atoms with van der Waals surface area (Å²) in [6.45, 7) is 4.97. The lowest BCUT2D eigenvalue weighted by Gasteiger charge is -2.14. The number of fused-ring (bicyclic) bond motifs is 1. The topological polar surface area (TPSA) is 170 Å². The summed E-state index contributed by atoms with van der Waals surface area (Å²) < 4.78 is 42.4. The number of urea groups is 1. The van der Waals surface area contributed by atoms with Gasteiger partial charge in [-0.25, -0.2) is 14.6 Å². The molecule has 0 unspecified atom stereocenters. The summed E-state index contributed by atoms with van der Waals surface area (Å²) in [6, 6.07) is 13.2. The van der Waals surface area contributed by atoms with Gasteiger partial charge in [-0.05, 0) is 80.9 Å². The summed E-state index contributed by atoms with van der Waals surface area (Å²) in [6.07, 6.45) is -0.230. The zero-order valence-electron chi connectivity index (χ0n) is 26.6. The molecule has 0 spiro atoms. The first-order valence-electron chi connectivity index (χ1n) is 15.0. The molecule has 0 bridgehead atoms. The van der Waals surface area contributed by atoms with Crippen LogP contribution in [0.4, 0.5) is 40.7 Å². The summed E-state index contributed by atoms with van der Waals surface area (Å²) in [5.41, 5.74) is 3.18. The number of halogens is 3. The van der Waals surface area contributed by atoms with Crippen LogP contribution < -0.4 is 21.3 Å². The highest BCUT2D eigenvalue weighted by Gasteiger charge is 2.32. The van der Waals surface area contributed by atoms with Crippen LogP contribution in [0.2, 0.25) is 0 Å². The minimum absolute atomic E-state index is 0.107. The molecule has 254 valence electrons. The first-order chi connectivity index (χ1) is 23.7. The van der Waals surface area contributed by atoms with E-state index >= 15 is 0 Å². The summed E-state index contributed by atoms with van der Waals surface area (Å²) in [7, 11) is 0. The van der Waals surface area contributed by atoms with E-state index < -0.39 is 35.6 Å². The molecule has 3 heterocycles. The van der Waals surface area contributed by atoms with Crippen molar-refractivity contribution in [2.75, 3.05) is 21.3 Å². The van der Waals surface area contributed by atoms with E-state index in [1.807, 2.05) is 0 Å². The first kappa shape index (κ1) is 33.3. The fraction of sp³-hybridized carbons (Fsp3) is 0.114. The first-order valence-corrected chi connectivity index (χ1v) is 15.0. The van der Waals surface area contributed by atoms with Gasteiger partial charge in [0.15, 0.2) is 0 Å². The van der Waals surface area contributed by atoms with E-state index in [0.29, 0.717) is 45.2 Å². The van der Waals surface area contributed by atoms with Crippen LogP contribution in [0, 0.1) is 20.8 Å². The molecule has 0 radical (unpaired) electrons. The van der Waals surface area contributed by atoms with E-state index in [9.17, 15) is 37.5 Å². The zero-order valence-corrected chi connectivity index (χ0v) is 26.6. The third-order valence-corrected chi connectivity index (χ3v) is 7.93. The number of aromatic nitrogens is 3. The second-order valence-electron chi connectivity index (χ2n) is 11.5. The molecule has 6 N–H and O–H groups in total. The molecule has 0 atom stereocenters. The van der Waals surface area contributed by atoms with Crippen molar-refractivity contribution in [3.63, 3.8) is 0 Å². The Labute approximate surface area is 282 Å². The van der Waals surface area contributed by atoms with Crippen molar-refractivity contribution < 1.29 is 37.5 Å². The molecule has 0 aliphatic carbocycles. The van der Waals surface area contributed by atoms with Crippen molar-refractivity contribution in [3.8, 4) is 5.69 Å². The molecule has 1 aliphatic heterocycles. The lowest BCUT2D eigenvalue weighted by molar-refractivity contribution is -0.137. The van der Waals surface area contributed by atoms with Crippen LogP contribution >= 0.6 is 0 Å². The predicted molar refractivity (Wildman–Crippen MR) is 181 cm³/mol. The average molecular weight is 684 g/mol. The maximum Gasteiger partial charge on any atom is 0.416 e. The maximum atomic E-state index is 13.7. The SMILES string of the molecule is Cc1cn(-c2cc(C(=O)Nc3cccc(NC(=O)Nc4ccc5c(c4)NC(=O)/C5=C\c4[nH]c(C)c(C(=O)O)c4C)c3)cc(C(F)(F)F)c2)cn1. The smallest absolute Gasteiger partial charge is 0.416 e. The summed E-state index contributed by atoms with van der Waals surface area (Å²) in [4.78, 5) is 57.4. The van der Waals surface area contributed by atoms with Gasteiger partial charge >= 0.3 is 18.2 Å². The Morgan fingerprint density at radius 2 is 1.62 bits per heavy atom. The number of aromatic carboxylic acids is 1. The van der Waals surface area contributed by atoms with Crippen LogP contribution in [0.25, 0.3) is 17.3 Å². The van der Waals surface area contributed by atoms with Crippen molar-refractivity contribution >= 4 is 58.2 Å². The standard InChI is InChI=1S/C35H28F3N7O5/c1-17-15-45(16-39-17)25-10-20(9-21(11-25)35(36,37)38)31(46)41-22-5-4-6-23(12-22)42-34(50)43-24-7-8-26-27(32(47)44-29(26)13-24)14-28-18(2)30(33(48)49)19(3)40-28/h4-16,40H,1-3H3,(H,41,46)(H,44,47)(H,48,49)(H2,42,43,50)/b27-14-. The van der Waals surface area contributed by atoms with Gasteiger partial charge in [0, 0.05) is 51.5 Å². The molecule has 2 aromatic heterocycles. The number of carbonyl (C=O) groups excluding carboxylic acids is 3. The summed E-state index contributed by atoms with van der Waals surface area (Å²) in [5.74, 6) is -2.27. The van der Waals surface area contributed by atoms with Gasteiger partial charge in [0.05, 0.1) is 34.4 Å². The number of aryl methyl sites for hydroxylation is 2. The van der Waals surface area contributed by atoms with E-state index in [-0.39, 0.29) is 28.2 Å². The normalized spacial score (nSPS) is 13.2. The van der Waals surface area contributed by atoms with Gasteiger partial charge in [-0.2, -0.15) is 13.2 Å². The molecule has 12 nitrogen and oxygen atoms in total. The molecule has 4 amide bonds. The molecule has 6 rings (SSSR count). The predicted octanol–water partition coefficient (Wildman–Crippen LogP) is 7.23. The van der Waals surface area contributed by atoms with Gasteiger partial charge < -0.3 is 35.9 Å². The number of imidazole rings is 1. The number of carboxylic acid groups (broad SMARTS) is 1. The van der Waals surface area contributed by atoms with E-state index in [4.69, 9.17) is 0 Å². The molecule has 0 saturated carbocycles. The second kappa shape index (κ2) is 12.8. The molecule has 0 saturated heterocycles. The van der Waals surface area contributed by atoms with Gasteiger partial charge in [0.1, 0.15) is 0 Å². The number of alkyl halides is 3.